The van der Waals surface area contributed by atoms with Crippen molar-refractivity contribution >= 4 is 30.6 Å². The summed E-state index contributed by atoms with van der Waals surface area (Å²) in [5, 5.41) is 0.977. The molecule has 0 aliphatic heterocycles. The molecular weight excluding hydrogens is 246 g/mol. The van der Waals surface area contributed by atoms with Crippen LogP contribution in [0.25, 0.3) is 10.9 Å². The first kappa shape index (κ1) is 11.4. The molecule has 1 aromatic heterocycles. The number of rotatable bonds is 3. The largest absolute Gasteiger partial charge is 0.256 e. The summed E-state index contributed by atoms with van der Waals surface area (Å²) in [6.07, 6.45) is 2.09. The van der Waals surface area contributed by atoms with Gasteiger partial charge in [0.25, 0.3) is 0 Å². The minimum absolute atomic E-state index is 0.0530. The highest BCUT2D eigenvalue weighted by Gasteiger charge is 2.07. The van der Waals surface area contributed by atoms with Crippen LogP contribution in [0.2, 0.25) is 0 Å². The molecule has 84 valence electrons. The Hall–Kier alpha value is -1.13. The molecule has 0 radical (unpaired) electrons. The van der Waals surface area contributed by atoms with Gasteiger partial charge in [-0.15, -0.1) is 0 Å². The van der Waals surface area contributed by atoms with Crippen molar-refractivity contribution in [3.05, 3.63) is 42.1 Å². The molecule has 2 rings (SSSR count). The molecule has 0 aliphatic rings. The van der Waals surface area contributed by atoms with Crippen LogP contribution in [0.3, 0.4) is 0 Å². The number of benzene rings is 1. The molecule has 3 nitrogen and oxygen atoms in total. The zero-order valence-corrected chi connectivity index (χ0v) is 10.0. The third-order valence-corrected chi connectivity index (χ3v) is 3.51. The molecule has 0 saturated carbocycles. The lowest BCUT2D eigenvalue weighted by Gasteiger charge is -2.04. The Morgan fingerprint density at radius 1 is 1.19 bits per heavy atom. The van der Waals surface area contributed by atoms with E-state index in [0.29, 0.717) is 6.42 Å². The van der Waals surface area contributed by atoms with E-state index in [1.54, 1.807) is 6.20 Å². The lowest BCUT2D eigenvalue weighted by Crippen LogP contribution is -2.01. The smallest absolute Gasteiger partial charge is 0.232 e. The molecule has 0 fully saturated rings. The number of fused-ring (bicyclic) bond motifs is 1. The van der Waals surface area contributed by atoms with Crippen LogP contribution < -0.4 is 0 Å². The van der Waals surface area contributed by atoms with Gasteiger partial charge in [0.2, 0.25) is 9.05 Å². The van der Waals surface area contributed by atoms with Crippen molar-refractivity contribution in [2.24, 2.45) is 0 Å². The molecule has 2 aromatic rings. The van der Waals surface area contributed by atoms with E-state index < -0.39 is 9.05 Å². The fourth-order valence-corrected chi connectivity index (χ4v) is 2.30. The summed E-state index contributed by atoms with van der Waals surface area (Å²) in [7, 11) is 1.75. The van der Waals surface area contributed by atoms with Crippen LogP contribution in [0.1, 0.15) is 5.56 Å². The first-order chi connectivity index (χ1) is 7.56. The molecule has 1 heterocycles. The van der Waals surface area contributed by atoms with E-state index >= 15 is 0 Å². The van der Waals surface area contributed by atoms with Crippen LogP contribution in [0.4, 0.5) is 0 Å². The van der Waals surface area contributed by atoms with Crippen molar-refractivity contribution in [1.29, 1.82) is 0 Å². The Morgan fingerprint density at radius 3 is 2.69 bits per heavy atom. The van der Waals surface area contributed by atoms with E-state index in [2.05, 4.69) is 4.98 Å². The number of aromatic nitrogens is 1. The number of nitrogens with zero attached hydrogens (tertiary/aromatic N) is 1. The Morgan fingerprint density at radius 2 is 1.94 bits per heavy atom. The van der Waals surface area contributed by atoms with Crippen molar-refractivity contribution in [3.8, 4) is 0 Å². The molecule has 0 amide bonds. The monoisotopic (exact) mass is 255 g/mol. The van der Waals surface area contributed by atoms with Gasteiger partial charge < -0.3 is 0 Å². The average Bonchev–Trinajstić information content (AvgIpc) is 2.25. The van der Waals surface area contributed by atoms with Crippen LogP contribution in [-0.2, 0) is 15.5 Å². The Bertz CT molecular complexity index is 605. The number of halogens is 1. The molecule has 16 heavy (non-hydrogen) atoms. The quantitative estimate of drug-likeness (QED) is 0.791. The van der Waals surface area contributed by atoms with E-state index in [-0.39, 0.29) is 5.75 Å². The van der Waals surface area contributed by atoms with Gasteiger partial charge in [0.1, 0.15) is 0 Å². The van der Waals surface area contributed by atoms with E-state index in [0.717, 1.165) is 16.5 Å². The summed E-state index contributed by atoms with van der Waals surface area (Å²) in [5.41, 5.74) is 1.82. The maximum Gasteiger partial charge on any atom is 0.232 e. The van der Waals surface area contributed by atoms with Crippen LogP contribution in [0.5, 0.6) is 0 Å². The first-order valence-corrected chi connectivity index (χ1v) is 7.29. The molecule has 0 saturated heterocycles. The highest BCUT2D eigenvalue weighted by atomic mass is 35.7. The summed E-state index contributed by atoms with van der Waals surface area (Å²) >= 11 is 0. The van der Waals surface area contributed by atoms with Crippen molar-refractivity contribution in [1.82, 2.24) is 4.98 Å². The number of pyridine rings is 1. The Balaban J connectivity index is 2.38. The van der Waals surface area contributed by atoms with Gasteiger partial charge in [-0.3, -0.25) is 4.98 Å². The van der Waals surface area contributed by atoms with Gasteiger partial charge in [-0.1, -0.05) is 18.2 Å². The minimum atomic E-state index is -3.44. The second-order valence-electron chi connectivity index (χ2n) is 3.48. The fraction of sp³-hybridized carbons (Fsp3) is 0.182. The van der Waals surface area contributed by atoms with Gasteiger partial charge in [0.05, 0.1) is 11.3 Å². The molecule has 0 aliphatic carbocycles. The summed E-state index contributed by atoms with van der Waals surface area (Å²) in [4.78, 5) is 4.20. The fourth-order valence-electron chi connectivity index (χ4n) is 1.60. The number of aryl methyl sites for hydroxylation is 1. The summed E-state index contributed by atoms with van der Waals surface area (Å²) < 4.78 is 21.8. The molecule has 5 heteroatoms. The SMILES string of the molecule is O=S(=O)(Cl)CCc1ccnc2ccccc12. The highest BCUT2D eigenvalue weighted by molar-refractivity contribution is 8.13. The Labute approximate surface area is 98.5 Å². The van der Waals surface area contributed by atoms with Crippen LogP contribution in [-0.4, -0.2) is 19.2 Å². The third kappa shape index (κ3) is 2.71. The van der Waals surface area contributed by atoms with Crippen LogP contribution in [0, 0.1) is 0 Å². The third-order valence-electron chi connectivity index (χ3n) is 2.35. The maximum atomic E-state index is 10.9. The van der Waals surface area contributed by atoms with E-state index in [1.807, 2.05) is 30.3 Å². The molecular formula is C11H10ClNO2S. The average molecular weight is 256 g/mol. The van der Waals surface area contributed by atoms with Gasteiger partial charge in [0.15, 0.2) is 0 Å². The summed E-state index contributed by atoms with van der Waals surface area (Å²) in [6.45, 7) is 0. The minimum Gasteiger partial charge on any atom is -0.256 e. The predicted molar refractivity (Wildman–Crippen MR) is 65.1 cm³/mol. The standard InChI is InChI=1S/C11H10ClNO2S/c12-16(14,15)8-6-9-5-7-13-11-4-2-1-3-10(9)11/h1-5,7H,6,8H2. The lowest BCUT2D eigenvalue weighted by atomic mass is 10.1. The second kappa shape index (κ2) is 4.39. The molecule has 0 spiro atoms. The number of hydrogen-bond donors (Lipinski definition) is 0. The normalized spacial score (nSPS) is 11.8. The van der Waals surface area contributed by atoms with Crippen molar-refractivity contribution in [2.75, 3.05) is 5.75 Å². The topological polar surface area (TPSA) is 47.0 Å². The highest BCUT2D eigenvalue weighted by Crippen LogP contribution is 2.17. The second-order valence-corrected chi connectivity index (χ2v) is 6.38. The Kier molecular flexibility index (Phi) is 3.12. The van der Waals surface area contributed by atoms with Crippen LogP contribution in [0.15, 0.2) is 36.5 Å². The van der Waals surface area contributed by atoms with Crippen molar-refractivity contribution in [2.45, 2.75) is 6.42 Å². The zero-order chi connectivity index (χ0) is 11.6. The van der Waals surface area contributed by atoms with Gasteiger partial charge in [-0.25, -0.2) is 8.42 Å². The molecule has 0 unspecified atom stereocenters. The first-order valence-electron chi connectivity index (χ1n) is 4.81. The molecule has 0 bridgehead atoms. The van der Waals surface area contributed by atoms with Crippen molar-refractivity contribution in [3.63, 3.8) is 0 Å². The number of para-hydroxylation sites is 1. The predicted octanol–water partition coefficient (Wildman–Crippen LogP) is 2.35. The molecule has 0 N–H and O–H groups in total. The summed E-state index contributed by atoms with van der Waals surface area (Å²) in [6, 6.07) is 9.46. The van der Waals surface area contributed by atoms with Crippen LogP contribution >= 0.6 is 10.7 Å². The molecule has 0 atom stereocenters. The molecule has 1 aromatic carbocycles. The lowest BCUT2D eigenvalue weighted by molar-refractivity contribution is 0.609. The van der Waals surface area contributed by atoms with Crippen molar-refractivity contribution < 1.29 is 8.42 Å². The van der Waals surface area contributed by atoms with Gasteiger partial charge in [-0.05, 0) is 24.1 Å². The number of hydrogen-bond acceptors (Lipinski definition) is 3. The van der Waals surface area contributed by atoms with E-state index in [1.165, 1.54) is 0 Å². The maximum absolute atomic E-state index is 10.9. The van der Waals surface area contributed by atoms with E-state index in [4.69, 9.17) is 10.7 Å². The summed E-state index contributed by atoms with van der Waals surface area (Å²) in [5.74, 6) is -0.0530. The van der Waals surface area contributed by atoms with Gasteiger partial charge in [-0.2, -0.15) is 0 Å². The zero-order valence-electron chi connectivity index (χ0n) is 8.43. The van der Waals surface area contributed by atoms with Gasteiger partial charge >= 0.3 is 0 Å². The van der Waals surface area contributed by atoms with Gasteiger partial charge in [0, 0.05) is 22.3 Å². The van der Waals surface area contributed by atoms with E-state index in [9.17, 15) is 8.42 Å².